The summed E-state index contributed by atoms with van der Waals surface area (Å²) in [6.45, 7) is 19.4. The first kappa shape index (κ1) is 43.0. The van der Waals surface area contributed by atoms with Gasteiger partial charge in [-0.1, -0.05) is 105 Å². The normalized spacial score (nSPS) is 11.8. The molecule has 6 amide bonds. The van der Waals surface area contributed by atoms with Gasteiger partial charge in [-0.05, 0) is 92.8 Å². The number of carbonyl (C=O) groups is 4. The number of amides is 6. The summed E-state index contributed by atoms with van der Waals surface area (Å²) in [4.78, 5) is 52.9. The average molecular weight is 703 g/mol. The fourth-order valence-electron chi connectivity index (χ4n) is 4.62. The standard InChI is InChI=1S/C19H31N3O2S.C17H27N3O2S/c1-18(2,3)15-10-8-14(9-11-15)16(23)22(25)17(24)20-12-19(4,5)13-21(6)7;1-17(2,3)14-9-7-13(8-10-14)15(21)20(23)16(22)18-11-6-12-19(4)5/h8-11,25H,12-13H2,1-7H3,(H,20,24);7-10,23H,6,11-12H2,1-5H3,(H,18,22). The minimum atomic E-state index is -0.514. The van der Waals surface area contributed by atoms with Gasteiger partial charge in [-0.15, -0.1) is 0 Å². The minimum Gasteiger partial charge on any atom is -0.337 e. The lowest BCUT2D eigenvalue weighted by Gasteiger charge is -2.29. The van der Waals surface area contributed by atoms with Crippen molar-refractivity contribution in [2.24, 2.45) is 5.41 Å². The van der Waals surface area contributed by atoms with Crippen LogP contribution in [-0.4, -0.2) is 96.7 Å². The fourth-order valence-corrected chi connectivity index (χ4v) is 4.99. The highest BCUT2D eigenvalue weighted by Crippen LogP contribution is 2.24. The number of thiol groups is 2. The van der Waals surface area contributed by atoms with Gasteiger partial charge in [0.25, 0.3) is 11.8 Å². The third-order valence-electron chi connectivity index (χ3n) is 7.29. The molecule has 0 saturated heterocycles. The van der Waals surface area contributed by atoms with Crippen LogP contribution in [-0.2, 0) is 10.8 Å². The number of carbonyl (C=O) groups excluding carboxylic acids is 4. The summed E-state index contributed by atoms with van der Waals surface area (Å²) in [5.74, 6) is -0.870. The molecule has 0 aromatic heterocycles. The zero-order valence-corrected chi connectivity index (χ0v) is 32.8. The van der Waals surface area contributed by atoms with E-state index < -0.39 is 23.9 Å². The highest BCUT2D eigenvalue weighted by Gasteiger charge is 2.25. The van der Waals surface area contributed by atoms with Gasteiger partial charge in [-0.2, -0.15) is 0 Å². The molecule has 0 spiro atoms. The molecule has 0 aliphatic rings. The lowest BCUT2D eigenvalue weighted by molar-refractivity contribution is 0.0883. The Morgan fingerprint density at radius 2 is 0.979 bits per heavy atom. The number of rotatable bonds is 10. The van der Waals surface area contributed by atoms with E-state index in [1.807, 2.05) is 57.4 Å². The Labute approximate surface area is 300 Å². The zero-order chi connectivity index (χ0) is 37.0. The maximum absolute atomic E-state index is 12.4. The maximum Gasteiger partial charge on any atom is 0.334 e. The van der Waals surface area contributed by atoms with Crippen LogP contribution in [0.2, 0.25) is 0 Å². The molecular weight excluding hydrogens is 645 g/mol. The van der Waals surface area contributed by atoms with Crippen LogP contribution in [0.1, 0.15) is 93.7 Å². The molecule has 0 heterocycles. The first-order valence-electron chi connectivity index (χ1n) is 16.1. The van der Waals surface area contributed by atoms with Crippen molar-refractivity contribution in [1.82, 2.24) is 29.0 Å². The van der Waals surface area contributed by atoms with Crippen molar-refractivity contribution in [2.75, 3.05) is 54.4 Å². The summed E-state index contributed by atoms with van der Waals surface area (Å²) in [6.07, 6.45) is 0.814. The van der Waals surface area contributed by atoms with E-state index in [0.29, 0.717) is 24.2 Å². The Hall–Kier alpha value is -3.06. The van der Waals surface area contributed by atoms with Gasteiger partial charge in [0.05, 0.1) is 0 Å². The Kier molecular flexibility index (Phi) is 16.7. The van der Waals surface area contributed by atoms with Crippen molar-refractivity contribution in [3.05, 3.63) is 70.8 Å². The van der Waals surface area contributed by atoms with Crippen molar-refractivity contribution in [3.8, 4) is 0 Å². The van der Waals surface area contributed by atoms with Crippen molar-refractivity contribution in [1.29, 1.82) is 0 Å². The average Bonchev–Trinajstić information content (AvgIpc) is 2.99. The van der Waals surface area contributed by atoms with Gasteiger partial charge in [-0.3, -0.25) is 9.59 Å². The predicted molar refractivity (Wildman–Crippen MR) is 203 cm³/mol. The van der Waals surface area contributed by atoms with E-state index >= 15 is 0 Å². The number of hydrogen-bond acceptors (Lipinski definition) is 8. The molecule has 0 saturated carbocycles. The second kappa shape index (κ2) is 18.6. The van der Waals surface area contributed by atoms with Gasteiger partial charge in [0.1, 0.15) is 0 Å². The molecular formula is C36H58N6O4S2. The van der Waals surface area contributed by atoms with Crippen LogP contribution in [0.15, 0.2) is 48.5 Å². The maximum atomic E-state index is 12.4. The second-order valence-corrected chi connectivity index (χ2v) is 16.1. The molecule has 0 unspecified atom stereocenters. The van der Waals surface area contributed by atoms with Crippen molar-refractivity contribution in [3.63, 3.8) is 0 Å². The first-order chi connectivity index (χ1) is 22.0. The number of urea groups is 2. The van der Waals surface area contributed by atoms with Crippen molar-refractivity contribution >= 4 is 49.5 Å². The van der Waals surface area contributed by atoms with E-state index in [-0.39, 0.29) is 16.2 Å². The lowest BCUT2D eigenvalue weighted by atomic mass is 9.86. The molecule has 2 N–H and O–H groups in total. The monoisotopic (exact) mass is 702 g/mol. The molecule has 0 aliphatic heterocycles. The highest BCUT2D eigenvalue weighted by molar-refractivity contribution is 7.79. The smallest absolute Gasteiger partial charge is 0.334 e. The van der Waals surface area contributed by atoms with E-state index in [1.165, 1.54) is 0 Å². The number of benzene rings is 2. The van der Waals surface area contributed by atoms with Gasteiger partial charge >= 0.3 is 12.1 Å². The third-order valence-corrected chi connectivity index (χ3v) is 8.01. The number of hydrogen-bond donors (Lipinski definition) is 4. The van der Waals surface area contributed by atoms with Gasteiger partial charge in [0.15, 0.2) is 0 Å². The third kappa shape index (κ3) is 15.0. The SMILES string of the molecule is CN(C)CC(C)(C)CNC(=O)N(S)C(=O)c1ccc(C(C)(C)C)cc1.CN(C)CCCNC(=O)N(S)C(=O)c1ccc(C(C)(C)C)cc1. The Morgan fingerprint density at radius 1 is 0.604 bits per heavy atom. The van der Waals surface area contributed by atoms with E-state index in [2.05, 4.69) is 96.6 Å². The van der Waals surface area contributed by atoms with Crippen LogP contribution >= 0.6 is 25.6 Å². The molecule has 0 aliphatic carbocycles. The van der Waals surface area contributed by atoms with Crippen molar-refractivity contribution in [2.45, 2.75) is 72.6 Å². The van der Waals surface area contributed by atoms with E-state index in [1.54, 1.807) is 24.3 Å². The Morgan fingerprint density at radius 3 is 1.31 bits per heavy atom. The van der Waals surface area contributed by atoms with Crippen LogP contribution < -0.4 is 10.6 Å². The summed E-state index contributed by atoms with van der Waals surface area (Å²) in [5, 5.41) is 5.46. The Balaban J connectivity index is 0.000000482. The van der Waals surface area contributed by atoms with Crippen LogP contribution in [0.3, 0.4) is 0 Å². The molecule has 10 nitrogen and oxygen atoms in total. The molecule has 2 aromatic rings. The first-order valence-corrected chi connectivity index (χ1v) is 16.9. The number of imide groups is 2. The van der Waals surface area contributed by atoms with E-state index in [0.717, 1.165) is 39.2 Å². The summed E-state index contributed by atoms with van der Waals surface area (Å²) < 4.78 is 1.65. The topological polar surface area (TPSA) is 105 Å². The molecule has 2 aromatic carbocycles. The quantitative estimate of drug-likeness (QED) is 0.167. The lowest BCUT2D eigenvalue weighted by Crippen LogP contribution is -2.44. The van der Waals surface area contributed by atoms with Crippen LogP contribution in [0.4, 0.5) is 9.59 Å². The molecule has 268 valence electrons. The van der Waals surface area contributed by atoms with E-state index in [9.17, 15) is 19.2 Å². The summed E-state index contributed by atoms with van der Waals surface area (Å²) >= 11 is 8.09. The highest BCUT2D eigenvalue weighted by atomic mass is 32.1. The van der Waals surface area contributed by atoms with Gasteiger partial charge in [0, 0.05) is 30.8 Å². The van der Waals surface area contributed by atoms with Crippen LogP contribution in [0.25, 0.3) is 0 Å². The number of nitrogens with one attached hydrogen (secondary N) is 2. The summed E-state index contributed by atoms with van der Waals surface area (Å²) in [7, 11) is 7.91. The Bertz CT molecular complexity index is 1350. The molecule has 48 heavy (non-hydrogen) atoms. The summed E-state index contributed by atoms with van der Waals surface area (Å²) in [5.41, 5.74) is 3.06. The van der Waals surface area contributed by atoms with Gasteiger partial charge in [-0.25, -0.2) is 18.2 Å². The zero-order valence-electron chi connectivity index (χ0n) is 31.0. The van der Waals surface area contributed by atoms with Crippen LogP contribution in [0, 0.1) is 5.41 Å². The molecule has 0 bridgehead atoms. The molecule has 0 fully saturated rings. The van der Waals surface area contributed by atoms with Crippen LogP contribution in [0.5, 0.6) is 0 Å². The fraction of sp³-hybridized carbons (Fsp3) is 0.556. The molecule has 2 rings (SSSR count). The number of nitrogens with zero attached hydrogens (tertiary/aromatic N) is 4. The summed E-state index contributed by atoms with van der Waals surface area (Å²) in [6, 6.07) is 13.5. The van der Waals surface area contributed by atoms with Gasteiger partial charge < -0.3 is 20.4 Å². The molecule has 12 heteroatoms. The minimum absolute atomic E-state index is 0.0115. The molecule has 0 atom stereocenters. The van der Waals surface area contributed by atoms with Gasteiger partial charge in [0.2, 0.25) is 0 Å². The predicted octanol–water partition coefficient (Wildman–Crippen LogP) is 6.50. The van der Waals surface area contributed by atoms with Crippen molar-refractivity contribution < 1.29 is 19.2 Å². The van der Waals surface area contributed by atoms with E-state index in [4.69, 9.17) is 0 Å². The molecule has 0 radical (unpaired) electrons. The largest absolute Gasteiger partial charge is 0.337 e. The second-order valence-electron chi connectivity index (χ2n) is 15.3.